The number of carbonyl (C=O) groups excluding carboxylic acids is 2. The summed E-state index contributed by atoms with van der Waals surface area (Å²) in [6, 6.07) is 9.27. The molecule has 110 valence electrons. The number of benzene rings is 1. The van der Waals surface area contributed by atoms with E-state index in [-0.39, 0.29) is 18.2 Å². The molecule has 0 unspecified atom stereocenters. The average Bonchev–Trinajstić information content (AvgIpc) is 2.78. The predicted octanol–water partition coefficient (Wildman–Crippen LogP) is 2.21. The molecule has 1 aromatic carbocycles. The Bertz CT molecular complexity index is 674. The number of amides is 2. The fourth-order valence-corrected chi connectivity index (χ4v) is 2.08. The van der Waals surface area contributed by atoms with Crippen molar-refractivity contribution < 1.29 is 14.0 Å². The number of rotatable bonds is 3. The van der Waals surface area contributed by atoms with E-state index in [1.54, 1.807) is 19.9 Å². The van der Waals surface area contributed by atoms with Crippen molar-refractivity contribution in [3.63, 3.8) is 0 Å². The molecule has 1 aromatic heterocycles. The highest BCUT2D eigenvalue weighted by Crippen LogP contribution is 2.13. The Hall–Kier alpha value is -2.56. The zero-order chi connectivity index (χ0) is 15.4. The van der Waals surface area contributed by atoms with E-state index in [4.69, 9.17) is 4.42 Å². The van der Waals surface area contributed by atoms with Gasteiger partial charge >= 0.3 is 0 Å². The summed E-state index contributed by atoms with van der Waals surface area (Å²) in [5.41, 5.74) is 7.20. The van der Waals surface area contributed by atoms with Gasteiger partial charge in [-0.15, -0.1) is 0 Å². The van der Waals surface area contributed by atoms with E-state index in [0.29, 0.717) is 17.1 Å². The molecule has 2 N–H and O–H groups in total. The van der Waals surface area contributed by atoms with Gasteiger partial charge in [-0.1, -0.05) is 24.3 Å². The summed E-state index contributed by atoms with van der Waals surface area (Å²) < 4.78 is 5.28. The van der Waals surface area contributed by atoms with E-state index in [0.717, 1.165) is 11.1 Å². The summed E-state index contributed by atoms with van der Waals surface area (Å²) in [5, 5.41) is 0. The molecule has 5 heteroatoms. The largest absolute Gasteiger partial charge is 0.466 e. The molecule has 0 bridgehead atoms. The number of hydrazine groups is 1. The number of furan rings is 1. The Labute approximate surface area is 123 Å². The van der Waals surface area contributed by atoms with E-state index in [1.165, 1.54) is 0 Å². The second-order valence-corrected chi connectivity index (χ2v) is 4.93. The Morgan fingerprint density at radius 1 is 1.10 bits per heavy atom. The van der Waals surface area contributed by atoms with Crippen molar-refractivity contribution in [1.29, 1.82) is 0 Å². The highest BCUT2D eigenvalue weighted by Gasteiger charge is 2.14. The normalized spacial score (nSPS) is 10.2. The van der Waals surface area contributed by atoms with Gasteiger partial charge in [-0.2, -0.15) is 0 Å². The molecule has 2 rings (SSSR count). The van der Waals surface area contributed by atoms with Crippen LogP contribution in [0, 0.1) is 20.8 Å². The molecule has 0 aliphatic carbocycles. The summed E-state index contributed by atoms with van der Waals surface area (Å²) in [5.74, 6) is 0.528. The van der Waals surface area contributed by atoms with Crippen LogP contribution in [0.1, 0.15) is 33.0 Å². The van der Waals surface area contributed by atoms with Crippen molar-refractivity contribution in [1.82, 2.24) is 10.9 Å². The van der Waals surface area contributed by atoms with Gasteiger partial charge in [0.15, 0.2) is 0 Å². The van der Waals surface area contributed by atoms with Crippen molar-refractivity contribution in [2.75, 3.05) is 0 Å². The van der Waals surface area contributed by atoms with Crippen LogP contribution in [-0.2, 0) is 11.2 Å². The van der Waals surface area contributed by atoms with Crippen molar-refractivity contribution >= 4 is 11.8 Å². The Balaban J connectivity index is 1.91. The monoisotopic (exact) mass is 286 g/mol. The zero-order valence-electron chi connectivity index (χ0n) is 12.3. The summed E-state index contributed by atoms with van der Waals surface area (Å²) in [6.07, 6.45) is 0.219. The van der Waals surface area contributed by atoms with Crippen LogP contribution in [0.15, 0.2) is 34.7 Å². The summed E-state index contributed by atoms with van der Waals surface area (Å²) in [7, 11) is 0. The van der Waals surface area contributed by atoms with Crippen LogP contribution in [0.2, 0.25) is 0 Å². The van der Waals surface area contributed by atoms with Crippen molar-refractivity contribution in [3.8, 4) is 0 Å². The third kappa shape index (κ3) is 3.72. The van der Waals surface area contributed by atoms with E-state index in [1.807, 2.05) is 31.2 Å². The van der Waals surface area contributed by atoms with Gasteiger partial charge in [0.25, 0.3) is 5.91 Å². The van der Waals surface area contributed by atoms with Gasteiger partial charge in [0.1, 0.15) is 11.5 Å². The molecule has 5 nitrogen and oxygen atoms in total. The Morgan fingerprint density at radius 2 is 1.81 bits per heavy atom. The Kier molecular flexibility index (Phi) is 4.42. The number of aryl methyl sites for hydroxylation is 3. The molecule has 0 atom stereocenters. The van der Waals surface area contributed by atoms with Crippen LogP contribution >= 0.6 is 0 Å². The van der Waals surface area contributed by atoms with Crippen molar-refractivity contribution in [3.05, 3.63) is 58.5 Å². The van der Waals surface area contributed by atoms with E-state index < -0.39 is 0 Å². The van der Waals surface area contributed by atoms with Gasteiger partial charge in [0, 0.05) is 0 Å². The molecule has 0 aliphatic heterocycles. The quantitative estimate of drug-likeness (QED) is 0.850. The maximum Gasteiger partial charge on any atom is 0.273 e. The lowest BCUT2D eigenvalue weighted by Gasteiger charge is -2.08. The lowest BCUT2D eigenvalue weighted by molar-refractivity contribution is -0.121. The number of carbonyl (C=O) groups is 2. The topological polar surface area (TPSA) is 71.3 Å². The second-order valence-electron chi connectivity index (χ2n) is 4.93. The predicted molar refractivity (Wildman–Crippen MR) is 78.7 cm³/mol. The zero-order valence-corrected chi connectivity index (χ0v) is 12.3. The smallest absolute Gasteiger partial charge is 0.273 e. The molecule has 0 radical (unpaired) electrons. The molecule has 0 saturated carbocycles. The van der Waals surface area contributed by atoms with Gasteiger partial charge in [-0.05, 0) is 38.0 Å². The minimum absolute atomic E-state index is 0.219. The molecule has 0 spiro atoms. The molecule has 2 amide bonds. The van der Waals surface area contributed by atoms with Gasteiger partial charge < -0.3 is 4.42 Å². The van der Waals surface area contributed by atoms with E-state index >= 15 is 0 Å². The fraction of sp³-hybridized carbons (Fsp3) is 0.250. The van der Waals surface area contributed by atoms with Crippen molar-refractivity contribution in [2.24, 2.45) is 0 Å². The third-order valence-electron chi connectivity index (χ3n) is 3.21. The van der Waals surface area contributed by atoms with E-state index in [2.05, 4.69) is 10.9 Å². The standard InChI is InChI=1S/C16H18N2O3/c1-10-6-4-5-7-13(10)9-15(19)17-18-16(20)14-8-11(2)21-12(14)3/h4-8H,9H2,1-3H3,(H,17,19)(H,18,20). The Morgan fingerprint density at radius 3 is 2.43 bits per heavy atom. The third-order valence-corrected chi connectivity index (χ3v) is 3.21. The minimum atomic E-state index is -0.387. The van der Waals surface area contributed by atoms with Crippen LogP contribution in [0.25, 0.3) is 0 Å². The van der Waals surface area contributed by atoms with Crippen molar-refractivity contribution in [2.45, 2.75) is 27.2 Å². The molecule has 0 aliphatic rings. The molecule has 1 heterocycles. The van der Waals surface area contributed by atoms with Crippen LogP contribution < -0.4 is 10.9 Å². The van der Waals surface area contributed by atoms with Gasteiger partial charge in [0.05, 0.1) is 12.0 Å². The van der Waals surface area contributed by atoms with Crippen LogP contribution in [0.5, 0.6) is 0 Å². The van der Waals surface area contributed by atoms with E-state index in [9.17, 15) is 9.59 Å². The van der Waals surface area contributed by atoms with Crippen LogP contribution in [0.4, 0.5) is 0 Å². The second kappa shape index (κ2) is 6.26. The SMILES string of the molecule is Cc1cc(C(=O)NNC(=O)Cc2ccccc2C)c(C)o1. The highest BCUT2D eigenvalue weighted by atomic mass is 16.3. The van der Waals surface area contributed by atoms with Crippen LogP contribution in [-0.4, -0.2) is 11.8 Å². The number of nitrogens with one attached hydrogen (secondary N) is 2. The molecule has 21 heavy (non-hydrogen) atoms. The molecular formula is C16H18N2O3. The van der Waals surface area contributed by atoms with Crippen LogP contribution in [0.3, 0.4) is 0 Å². The molecule has 0 fully saturated rings. The maximum atomic E-state index is 11.9. The number of hydrogen-bond acceptors (Lipinski definition) is 3. The minimum Gasteiger partial charge on any atom is -0.466 e. The molecular weight excluding hydrogens is 268 g/mol. The number of hydrogen-bond donors (Lipinski definition) is 2. The molecule has 2 aromatic rings. The first-order valence-electron chi connectivity index (χ1n) is 6.68. The maximum absolute atomic E-state index is 11.9. The highest BCUT2D eigenvalue weighted by molar-refractivity contribution is 5.96. The molecule has 0 saturated heterocycles. The lowest BCUT2D eigenvalue weighted by Crippen LogP contribution is -2.42. The van der Waals surface area contributed by atoms with Gasteiger partial charge in [0.2, 0.25) is 5.91 Å². The van der Waals surface area contributed by atoms with Gasteiger partial charge in [-0.3, -0.25) is 20.4 Å². The first kappa shape index (κ1) is 14.8. The van der Waals surface area contributed by atoms with Gasteiger partial charge in [-0.25, -0.2) is 0 Å². The average molecular weight is 286 g/mol. The first-order valence-corrected chi connectivity index (χ1v) is 6.68. The lowest BCUT2D eigenvalue weighted by atomic mass is 10.1. The fourth-order valence-electron chi connectivity index (χ4n) is 2.08. The summed E-state index contributed by atoms with van der Waals surface area (Å²) in [4.78, 5) is 23.8. The first-order chi connectivity index (χ1) is 9.97. The summed E-state index contributed by atoms with van der Waals surface area (Å²) >= 11 is 0. The summed E-state index contributed by atoms with van der Waals surface area (Å²) in [6.45, 7) is 5.41.